The van der Waals surface area contributed by atoms with Crippen LogP contribution in [0.1, 0.15) is 11.6 Å². The molecule has 0 fully saturated rings. The Morgan fingerprint density at radius 1 is 1.20 bits per heavy atom. The van der Waals surface area contributed by atoms with E-state index in [0.717, 1.165) is 11.3 Å². The highest BCUT2D eigenvalue weighted by molar-refractivity contribution is 6.32. The summed E-state index contributed by atoms with van der Waals surface area (Å²) >= 11 is 6.20. The van der Waals surface area contributed by atoms with Gasteiger partial charge >= 0.3 is 0 Å². The molecule has 0 aliphatic rings. The van der Waals surface area contributed by atoms with Gasteiger partial charge in [0.2, 0.25) is 0 Å². The molecule has 2 rings (SSSR count). The Morgan fingerprint density at radius 2 is 1.90 bits per heavy atom. The van der Waals surface area contributed by atoms with E-state index in [1.54, 1.807) is 7.11 Å². The molecule has 0 amide bonds. The van der Waals surface area contributed by atoms with Gasteiger partial charge in [0.15, 0.2) is 0 Å². The molecular formula is C16H19ClN2O. The molecule has 0 aromatic heterocycles. The second-order valence-corrected chi connectivity index (χ2v) is 5.00. The van der Waals surface area contributed by atoms with Gasteiger partial charge in [0.05, 0.1) is 18.2 Å². The molecule has 0 heterocycles. The molecule has 1 atom stereocenters. The maximum atomic E-state index is 6.20. The number of hydrogen-bond donors (Lipinski definition) is 1. The number of anilines is 1. The lowest BCUT2D eigenvalue weighted by Crippen LogP contribution is -2.30. The fourth-order valence-corrected chi connectivity index (χ4v) is 2.52. The summed E-state index contributed by atoms with van der Waals surface area (Å²) in [7, 11) is 3.64. The van der Waals surface area contributed by atoms with Crippen molar-refractivity contribution in [3.8, 4) is 5.75 Å². The maximum absolute atomic E-state index is 6.20. The topological polar surface area (TPSA) is 38.5 Å². The summed E-state index contributed by atoms with van der Waals surface area (Å²) < 4.78 is 5.18. The summed E-state index contributed by atoms with van der Waals surface area (Å²) in [5, 5.41) is 0.602. The average molecular weight is 291 g/mol. The lowest BCUT2D eigenvalue weighted by molar-refractivity contribution is 0.414. The minimum absolute atomic E-state index is 0.0702. The number of nitrogens with two attached hydrogens (primary N) is 1. The monoisotopic (exact) mass is 290 g/mol. The smallest absolute Gasteiger partial charge is 0.137 e. The third-order valence-corrected chi connectivity index (χ3v) is 3.71. The van der Waals surface area contributed by atoms with Crippen molar-refractivity contribution < 1.29 is 4.74 Å². The Balaban J connectivity index is 2.30. The van der Waals surface area contributed by atoms with Gasteiger partial charge in [-0.05, 0) is 29.8 Å². The minimum Gasteiger partial charge on any atom is -0.495 e. The molecule has 2 N–H and O–H groups in total. The second kappa shape index (κ2) is 6.64. The fourth-order valence-electron chi connectivity index (χ4n) is 2.25. The first kappa shape index (κ1) is 14.7. The van der Waals surface area contributed by atoms with Crippen LogP contribution < -0.4 is 15.4 Å². The van der Waals surface area contributed by atoms with Gasteiger partial charge in [-0.2, -0.15) is 0 Å². The van der Waals surface area contributed by atoms with E-state index in [2.05, 4.69) is 17.0 Å². The molecule has 0 saturated carbocycles. The van der Waals surface area contributed by atoms with Crippen molar-refractivity contribution in [1.82, 2.24) is 0 Å². The van der Waals surface area contributed by atoms with Crippen molar-refractivity contribution in [2.45, 2.75) is 6.04 Å². The summed E-state index contributed by atoms with van der Waals surface area (Å²) in [6, 6.07) is 16.0. The Kier molecular flexibility index (Phi) is 4.88. The number of para-hydroxylation sites is 1. The van der Waals surface area contributed by atoms with E-state index in [1.807, 2.05) is 43.4 Å². The van der Waals surface area contributed by atoms with E-state index in [-0.39, 0.29) is 6.04 Å². The molecule has 0 bridgehead atoms. The first-order chi connectivity index (χ1) is 9.67. The zero-order valence-electron chi connectivity index (χ0n) is 11.7. The van der Waals surface area contributed by atoms with E-state index in [0.29, 0.717) is 17.3 Å². The van der Waals surface area contributed by atoms with Gasteiger partial charge in [-0.1, -0.05) is 35.9 Å². The molecule has 0 saturated heterocycles. The van der Waals surface area contributed by atoms with Crippen LogP contribution in [0.2, 0.25) is 5.02 Å². The Labute approximate surface area is 124 Å². The number of hydrogen-bond acceptors (Lipinski definition) is 3. The first-order valence-corrected chi connectivity index (χ1v) is 6.86. The number of benzene rings is 2. The first-order valence-electron chi connectivity index (χ1n) is 6.48. The third-order valence-electron chi connectivity index (χ3n) is 3.41. The molecule has 0 aliphatic carbocycles. The van der Waals surface area contributed by atoms with Crippen LogP contribution in [0.25, 0.3) is 0 Å². The molecule has 2 aromatic rings. The average Bonchev–Trinajstić information content (AvgIpc) is 2.49. The Bertz CT molecular complexity index is 560. The van der Waals surface area contributed by atoms with Crippen LogP contribution in [0.15, 0.2) is 48.5 Å². The van der Waals surface area contributed by atoms with Crippen molar-refractivity contribution in [3.05, 3.63) is 59.1 Å². The Hall–Kier alpha value is -1.71. The van der Waals surface area contributed by atoms with Gasteiger partial charge < -0.3 is 15.4 Å². The number of likely N-dealkylation sites (N-methyl/N-ethyl adjacent to an activating group) is 1. The zero-order chi connectivity index (χ0) is 14.5. The highest BCUT2D eigenvalue weighted by atomic mass is 35.5. The van der Waals surface area contributed by atoms with Crippen molar-refractivity contribution in [2.75, 3.05) is 25.6 Å². The molecule has 0 radical (unpaired) electrons. The van der Waals surface area contributed by atoms with Crippen molar-refractivity contribution in [3.63, 3.8) is 0 Å². The van der Waals surface area contributed by atoms with E-state index >= 15 is 0 Å². The van der Waals surface area contributed by atoms with Crippen LogP contribution in [0.3, 0.4) is 0 Å². The quantitative estimate of drug-likeness (QED) is 0.916. The minimum atomic E-state index is 0.0702. The predicted octanol–water partition coefficient (Wildman–Crippen LogP) is 3.48. The van der Waals surface area contributed by atoms with Crippen molar-refractivity contribution in [1.29, 1.82) is 0 Å². The number of rotatable bonds is 5. The number of halogens is 1. The maximum Gasteiger partial charge on any atom is 0.137 e. The van der Waals surface area contributed by atoms with Crippen LogP contribution >= 0.6 is 11.6 Å². The number of ether oxygens (including phenoxy) is 1. The summed E-state index contributed by atoms with van der Waals surface area (Å²) in [4.78, 5) is 2.15. The molecule has 2 aromatic carbocycles. The van der Waals surface area contributed by atoms with E-state index in [4.69, 9.17) is 22.1 Å². The van der Waals surface area contributed by atoms with Gasteiger partial charge in [0, 0.05) is 19.3 Å². The largest absolute Gasteiger partial charge is 0.495 e. The highest BCUT2D eigenvalue weighted by Gasteiger charge is 2.17. The normalized spacial score (nSPS) is 12.0. The highest BCUT2D eigenvalue weighted by Crippen LogP contribution is 2.31. The van der Waals surface area contributed by atoms with Gasteiger partial charge in [0.25, 0.3) is 0 Å². The molecule has 3 nitrogen and oxygen atoms in total. The molecular weight excluding hydrogens is 272 g/mol. The van der Waals surface area contributed by atoms with Crippen molar-refractivity contribution >= 4 is 17.3 Å². The Morgan fingerprint density at radius 3 is 2.45 bits per heavy atom. The molecule has 0 spiro atoms. The SMILES string of the molecule is COc1ccc(C(CN)N(C)c2ccccc2)cc1Cl. The second-order valence-electron chi connectivity index (χ2n) is 4.59. The summed E-state index contributed by atoms with van der Waals surface area (Å²) in [5.41, 5.74) is 8.14. The van der Waals surface area contributed by atoms with Crippen LogP contribution in [0.4, 0.5) is 5.69 Å². The zero-order valence-corrected chi connectivity index (χ0v) is 12.5. The lowest BCUT2D eigenvalue weighted by Gasteiger charge is -2.29. The fraction of sp³-hybridized carbons (Fsp3) is 0.250. The lowest BCUT2D eigenvalue weighted by atomic mass is 10.0. The van der Waals surface area contributed by atoms with Crippen LogP contribution in [0.5, 0.6) is 5.75 Å². The van der Waals surface area contributed by atoms with Crippen LogP contribution in [0, 0.1) is 0 Å². The third kappa shape index (κ3) is 3.06. The van der Waals surface area contributed by atoms with Gasteiger partial charge in [-0.3, -0.25) is 0 Å². The van der Waals surface area contributed by atoms with Crippen molar-refractivity contribution in [2.24, 2.45) is 5.73 Å². The van der Waals surface area contributed by atoms with Crippen LogP contribution in [-0.4, -0.2) is 20.7 Å². The number of methoxy groups -OCH3 is 1. The van der Waals surface area contributed by atoms with E-state index in [9.17, 15) is 0 Å². The van der Waals surface area contributed by atoms with Gasteiger partial charge in [0.1, 0.15) is 5.75 Å². The van der Waals surface area contributed by atoms with Gasteiger partial charge in [-0.25, -0.2) is 0 Å². The molecule has 0 aliphatic heterocycles. The van der Waals surface area contributed by atoms with E-state index in [1.165, 1.54) is 0 Å². The molecule has 106 valence electrons. The summed E-state index contributed by atoms with van der Waals surface area (Å²) in [6.07, 6.45) is 0. The standard InChI is InChI=1S/C16H19ClN2O/c1-19(13-6-4-3-5-7-13)15(11-18)12-8-9-16(20-2)14(17)10-12/h3-10,15H,11,18H2,1-2H3. The predicted molar refractivity (Wildman–Crippen MR) is 84.6 cm³/mol. The summed E-state index contributed by atoms with van der Waals surface area (Å²) in [6.45, 7) is 0.508. The van der Waals surface area contributed by atoms with Crippen LogP contribution in [-0.2, 0) is 0 Å². The molecule has 4 heteroatoms. The molecule has 20 heavy (non-hydrogen) atoms. The summed E-state index contributed by atoms with van der Waals surface area (Å²) in [5.74, 6) is 0.675. The molecule has 1 unspecified atom stereocenters. The number of nitrogens with zero attached hydrogens (tertiary/aromatic N) is 1. The van der Waals surface area contributed by atoms with Gasteiger partial charge in [-0.15, -0.1) is 0 Å². The van der Waals surface area contributed by atoms with E-state index < -0.39 is 0 Å².